The third-order valence-corrected chi connectivity index (χ3v) is 31.2. The lowest BCUT2D eigenvalue weighted by atomic mass is 9.62. The van der Waals surface area contributed by atoms with Gasteiger partial charge in [0.25, 0.3) is 6.33 Å². The molecule has 20 rings (SSSR count). The minimum Gasteiger partial charge on any atom is -0.458 e. The van der Waals surface area contributed by atoms with Crippen molar-refractivity contribution in [3.05, 3.63) is 404 Å². The van der Waals surface area contributed by atoms with E-state index in [0.29, 0.717) is 35.3 Å². The highest BCUT2D eigenvalue weighted by molar-refractivity contribution is 7.21. The first-order valence-corrected chi connectivity index (χ1v) is 42.0. The molecule has 0 unspecified atom stereocenters. The number of fused-ring (bicyclic) bond motifs is 11. The molecule has 0 bridgehead atoms. The van der Waals surface area contributed by atoms with E-state index in [9.17, 15) is 50.7 Å². The number of aryl methyl sites for hydroxylation is 2. The summed E-state index contributed by atoms with van der Waals surface area (Å²) in [4.78, 5) is 4.91. The van der Waals surface area contributed by atoms with Crippen LogP contribution in [0.4, 0.5) is 0 Å². The molecule has 0 saturated carbocycles. The number of ether oxygens (including phenoxy) is 1. The normalized spacial score (nSPS) is 18.6. The van der Waals surface area contributed by atoms with Crippen molar-refractivity contribution in [2.75, 3.05) is 0 Å². The number of nitrogens with zero attached hydrogens (tertiary/aromatic N) is 4. The van der Waals surface area contributed by atoms with Crippen molar-refractivity contribution in [2.45, 2.75) is 91.3 Å². The Labute approximate surface area is 745 Å². The van der Waals surface area contributed by atoms with Crippen LogP contribution in [0.2, 0.25) is 0 Å². The monoisotopic (exact) mass is 1580 g/mol. The summed E-state index contributed by atoms with van der Waals surface area (Å²) in [6.07, 6.45) is 6.27. The smallest absolute Gasteiger partial charge is 0.269 e. The zero-order valence-electron chi connectivity index (χ0n) is 104. The highest BCUT2D eigenvalue weighted by Crippen LogP contribution is 2.53. The van der Waals surface area contributed by atoms with Crippen LogP contribution in [0.15, 0.2) is 369 Å². The summed E-state index contributed by atoms with van der Waals surface area (Å²) in [7, 11) is -13.6. The fourth-order valence-corrected chi connectivity index (χ4v) is 24.8. The van der Waals surface area contributed by atoms with Crippen molar-refractivity contribution in [1.29, 1.82) is 0 Å². The number of pyridine rings is 1. The van der Waals surface area contributed by atoms with E-state index in [-0.39, 0.29) is 67.0 Å². The van der Waals surface area contributed by atoms with Crippen LogP contribution in [0.3, 0.4) is 0 Å². The van der Waals surface area contributed by atoms with Crippen molar-refractivity contribution in [1.82, 2.24) is 14.1 Å². The van der Waals surface area contributed by atoms with Crippen LogP contribution in [0.25, 0.3) is 106 Å². The number of imidazole rings is 1. The zero-order valence-corrected chi connectivity index (χ0v) is 66.2. The number of hydrogen-bond donors (Lipinski definition) is 0. The molecule has 4 heterocycles. The molecule has 0 radical (unpaired) electrons. The lowest BCUT2D eigenvalue weighted by Crippen LogP contribution is -2.76. The highest BCUT2D eigenvalue weighted by Gasteiger charge is 2.47. The number of aromatic nitrogens is 4. The van der Waals surface area contributed by atoms with Gasteiger partial charge in [0, 0.05) is 31.3 Å². The number of hydrogen-bond acceptors (Lipinski definition) is 2. The molecule has 7 heteroatoms. The number of benzene rings is 15. The van der Waals surface area contributed by atoms with Gasteiger partial charge in [0.1, 0.15) is 17.3 Å². The van der Waals surface area contributed by atoms with E-state index in [0.717, 1.165) is 40.1 Å². The van der Waals surface area contributed by atoms with Gasteiger partial charge < -0.3 is 4.74 Å². The molecule has 3 aromatic heterocycles. The summed E-state index contributed by atoms with van der Waals surface area (Å²) in [5.41, 5.74) is -3.23. The lowest BCUT2D eigenvalue weighted by Gasteiger charge is -2.43. The summed E-state index contributed by atoms with van der Waals surface area (Å²) in [6, 6.07) is 0.106. The third-order valence-electron chi connectivity index (χ3n) is 23.0. The van der Waals surface area contributed by atoms with Gasteiger partial charge in [-0.15, -0.1) is 0 Å². The molecule has 0 atom stereocenters. The average Bonchev–Trinajstić information content (AvgIpc) is 1.66. The van der Waals surface area contributed by atoms with Crippen LogP contribution in [0.5, 0.6) is 11.5 Å². The van der Waals surface area contributed by atoms with E-state index in [1.54, 1.807) is 60.8 Å². The molecule has 0 saturated heterocycles. The van der Waals surface area contributed by atoms with Crippen molar-refractivity contribution in [3.8, 4) is 84.3 Å². The van der Waals surface area contributed by atoms with Gasteiger partial charge in [-0.1, -0.05) is 339 Å². The number of para-hydroxylation sites is 1. The van der Waals surface area contributed by atoms with E-state index in [4.69, 9.17) is 13.8 Å². The Hall–Kier alpha value is -13.0. The molecule has 566 valence electrons. The zero-order chi connectivity index (χ0) is 114. The van der Waals surface area contributed by atoms with Crippen molar-refractivity contribution < 1.29 is 64.1 Å². The van der Waals surface area contributed by atoms with Crippen LogP contribution in [-0.2, 0) is 16.2 Å². The Kier molecular flexibility index (Phi) is 10.1. The van der Waals surface area contributed by atoms with E-state index in [2.05, 4.69) is 27.1 Å². The van der Waals surface area contributed by atoms with E-state index < -0.39 is 327 Å². The van der Waals surface area contributed by atoms with Crippen molar-refractivity contribution in [2.24, 2.45) is 0 Å². The predicted molar refractivity (Wildman–Crippen MR) is 494 cm³/mol. The van der Waals surface area contributed by atoms with Gasteiger partial charge in [-0.2, -0.15) is 0 Å². The van der Waals surface area contributed by atoms with Crippen LogP contribution >= 0.6 is 0 Å². The first-order valence-electron chi connectivity index (χ1n) is 58.0. The Balaban J connectivity index is 1.08. The quantitative estimate of drug-likeness (QED) is 0.0471. The van der Waals surface area contributed by atoms with Gasteiger partial charge in [-0.3, -0.25) is 13.7 Å². The summed E-state index contributed by atoms with van der Waals surface area (Å²) in [5.74, 6) is 0.777. The molecule has 18 aromatic rings. The lowest BCUT2D eigenvalue weighted by molar-refractivity contribution is -0.570. The molecule has 0 N–H and O–H groups in total. The van der Waals surface area contributed by atoms with Crippen LogP contribution in [-0.4, -0.2) is 30.3 Å². The van der Waals surface area contributed by atoms with Gasteiger partial charge >= 0.3 is 0 Å². The molecule has 0 fully saturated rings. The maximum absolute atomic E-state index is 11.5. The Morgan fingerprint density at radius 3 is 1.52 bits per heavy atom. The molecule has 117 heavy (non-hydrogen) atoms. The molecular weight excluding hydrogens is 1450 g/mol. The Bertz CT molecular complexity index is 8840. The minimum atomic E-state index is -6.93. The second-order valence-electron chi connectivity index (χ2n) is 31.6. The Morgan fingerprint density at radius 1 is 0.427 bits per heavy atom. The maximum Gasteiger partial charge on any atom is 0.269 e. The molecule has 0 spiro atoms. The molecule has 5 nitrogen and oxygen atoms in total. The standard InChI is InChI=1S/C110H92N4OSi2/c1-74-35-32-36-75(2)105(74)78-65-97-95-72-99-98(109(6,7)60-61-110(99,8)9)71-94(95)90-53-28-29-54-91(90)96-64-77(76-37-33-52-89(63-76)116(83-40-16-10-17-41-83,84-42-18-11-19-43-84)85-44-20-12-21-45-85)66-102-106(96)113(107(97)103(67-78)117(86-46-22-13-23-47-86,87-48-24-14-25-49-87)88-50-26-15-27-51-88)73-112(102)80-38-34-39-81(69-80)115-82-57-58-93-92-55-30-31-56-100(92)114(101(93)70-82)104-68-79(59-62-111-104)108(3,4)5/h10-59,62-72H,60-61H2,1-9H3/i1D3,2D3,10D,11D,12D,13D,14D,15D,16D,17D,18D,19D,20D,21D,22D,23D,24D,25D,26D,27D,33D,37D,40D,41D,42D,43D,44D,45D,46D,47D,48D,49D,50D,51D,52D,63D. The first kappa shape index (κ1) is 41.5. The Morgan fingerprint density at radius 2 is 0.940 bits per heavy atom. The van der Waals surface area contributed by atoms with Gasteiger partial charge in [0.15, 0.2) is 16.1 Å². The second-order valence-corrected chi connectivity index (χ2v) is 38.6. The second kappa shape index (κ2) is 28.4. The van der Waals surface area contributed by atoms with Crippen molar-refractivity contribution in [3.63, 3.8) is 0 Å². The fraction of sp³-hybridized carbons (Fsp3) is 0.127. The fourth-order valence-electron chi connectivity index (χ4n) is 17.2. The van der Waals surface area contributed by atoms with E-state index in [1.165, 1.54) is 39.5 Å². The molecule has 15 aromatic carbocycles. The highest BCUT2D eigenvalue weighted by atomic mass is 28.3. The molecule has 1 aliphatic heterocycles. The van der Waals surface area contributed by atoms with Crippen LogP contribution in [0.1, 0.15) is 144 Å². The van der Waals surface area contributed by atoms with Gasteiger partial charge in [-0.25, -0.2) is 4.98 Å². The van der Waals surface area contributed by atoms with Crippen LogP contribution in [0, 0.1) is 20.0 Å². The minimum absolute atomic E-state index is 0.0191. The third kappa shape index (κ3) is 12.1. The van der Waals surface area contributed by atoms with Gasteiger partial charge in [0.05, 0.1) is 80.0 Å². The average molecular weight is 1580 g/mol. The first-order chi connectivity index (χ1) is 73.5. The topological polar surface area (TPSA) is 35.9 Å². The molecule has 1 aliphatic carbocycles. The summed E-state index contributed by atoms with van der Waals surface area (Å²) in [5, 5.41) is -7.06. The van der Waals surface area contributed by atoms with E-state index >= 15 is 0 Å². The van der Waals surface area contributed by atoms with E-state index in [1.807, 2.05) is 86.9 Å². The molecule has 0 amide bonds. The predicted octanol–water partition coefficient (Wildman–Crippen LogP) is 21.7. The number of rotatable bonds is 14. The van der Waals surface area contributed by atoms with Gasteiger partial charge in [0.2, 0.25) is 0 Å². The molecular formula is C110H92N4OSi2. The maximum atomic E-state index is 11.5. The molecule has 2 aliphatic rings. The summed E-state index contributed by atoms with van der Waals surface area (Å²) in [6.45, 7) is 7.38. The van der Waals surface area contributed by atoms with Crippen LogP contribution < -0.4 is 50.8 Å². The largest absolute Gasteiger partial charge is 0.458 e. The van der Waals surface area contributed by atoms with Crippen molar-refractivity contribution >= 4 is 90.5 Å². The SMILES string of the molecule is [2H]c1c([2H])c([2H])c([Si](c2cc(-c3c(C([2H])([2H])[2H])cccc3C([2H])([2H])[2H])cc3c2-[n+]2[c-]n(-c4cccc(Oc5ccc6c7ccccc7n(-c7cc(C(C)(C)C)ccn7)c6c5)c4)c4cc(-c5c([2H])c([2H])c([2H])c([Si](c6c([2H])c([2H])c([2H])c([2H])c6[2H])(c6c([2H])c([2H])c([2H])c([2H])c6[2H])c6c([2H])c([2H])c([2H])c([2H])c6[2H])c5[2H])cc(c42)-c2ccccc2-c2cc4c(cc2-3)C(C)(C)CCC4(C)C)(c2c([2H])c([2H])c([2H])c([2H])c2[2H])c2c([2H])c([2H])c([2H])c([2H])c2[2H])c([2H])c1[2H]. The summed E-state index contributed by atoms with van der Waals surface area (Å²) >= 11 is 0. The summed E-state index contributed by atoms with van der Waals surface area (Å²) < 4.78 is 411. The van der Waals surface area contributed by atoms with Gasteiger partial charge in [-0.05, 0) is 234 Å².